The largest absolute Gasteiger partial charge is 0.491 e. The van der Waals surface area contributed by atoms with E-state index in [1.807, 2.05) is 12.1 Å². The summed E-state index contributed by atoms with van der Waals surface area (Å²) in [5.41, 5.74) is -0.484. The Labute approximate surface area is 143 Å². The van der Waals surface area contributed by atoms with Crippen molar-refractivity contribution in [3.05, 3.63) is 28.7 Å². The molecule has 2 aliphatic rings. The van der Waals surface area contributed by atoms with E-state index in [9.17, 15) is 14.7 Å². The summed E-state index contributed by atoms with van der Waals surface area (Å²) in [5.74, 6) is 0.352. The monoisotopic (exact) mass is 381 g/mol. The first kappa shape index (κ1) is 16.5. The number of nitrogens with zero attached hydrogens (tertiary/aromatic N) is 1. The first-order valence-electron chi connectivity index (χ1n) is 7.91. The lowest BCUT2D eigenvalue weighted by atomic mass is 9.84. The van der Waals surface area contributed by atoms with Gasteiger partial charge < -0.3 is 9.84 Å². The average Bonchev–Trinajstić information content (AvgIpc) is 3.07. The van der Waals surface area contributed by atoms with Crippen molar-refractivity contribution in [1.82, 2.24) is 4.90 Å². The van der Waals surface area contributed by atoms with Gasteiger partial charge in [-0.05, 0) is 31.0 Å². The van der Waals surface area contributed by atoms with Crippen molar-refractivity contribution in [2.75, 3.05) is 13.2 Å². The molecule has 1 saturated carbocycles. The molecule has 0 aromatic heterocycles. The third-order valence-corrected chi connectivity index (χ3v) is 5.18. The minimum Gasteiger partial charge on any atom is -0.491 e. The molecule has 0 bridgehead atoms. The van der Waals surface area contributed by atoms with Crippen molar-refractivity contribution in [1.29, 1.82) is 0 Å². The van der Waals surface area contributed by atoms with Crippen LogP contribution >= 0.6 is 15.9 Å². The molecule has 1 heterocycles. The smallest absolute Gasteiger partial charge is 0.235 e. The Balaban J connectivity index is 1.56. The van der Waals surface area contributed by atoms with Gasteiger partial charge in [-0.1, -0.05) is 34.8 Å². The van der Waals surface area contributed by atoms with E-state index in [0.717, 1.165) is 30.2 Å². The zero-order chi connectivity index (χ0) is 16.4. The highest BCUT2D eigenvalue weighted by molar-refractivity contribution is 9.10. The van der Waals surface area contributed by atoms with E-state index in [0.29, 0.717) is 12.2 Å². The molecule has 0 radical (unpaired) electrons. The zero-order valence-electron chi connectivity index (χ0n) is 12.8. The first-order valence-corrected chi connectivity index (χ1v) is 8.71. The van der Waals surface area contributed by atoms with Crippen LogP contribution < -0.4 is 4.74 Å². The Morgan fingerprint density at radius 2 is 2.04 bits per heavy atom. The number of aliphatic hydroxyl groups excluding tert-OH is 1. The molecular formula is C17H20BrNO4. The Bertz CT molecular complexity index is 612. The second kappa shape index (κ2) is 6.61. The number of hydrogen-bond acceptors (Lipinski definition) is 4. The molecular weight excluding hydrogens is 362 g/mol. The molecule has 1 atom stereocenters. The SMILES string of the molecule is O=C1CC2(CCCC2)C(=O)N1C[C@@H](O)COc1cccc(Br)c1. The maximum Gasteiger partial charge on any atom is 0.235 e. The number of carbonyl (C=O) groups is 2. The Morgan fingerprint density at radius 3 is 2.74 bits per heavy atom. The van der Waals surface area contributed by atoms with Gasteiger partial charge in [-0.15, -0.1) is 0 Å². The van der Waals surface area contributed by atoms with Crippen molar-refractivity contribution >= 4 is 27.7 Å². The Kier molecular flexibility index (Phi) is 4.73. The van der Waals surface area contributed by atoms with Crippen LogP contribution in [0.25, 0.3) is 0 Å². The highest BCUT2D eigenvalue weighted by Crippen LogP contribution is 2.46. The van der Waals surface area contributed by atoms with Crippen molar-refractivity contribution < 1.29 is 19.4 Å². The molecule has 1 spiro atoms. The number of benzene rings is 1. The number of β-amino-alcohol motifs (C(OH)–C–C–N with tert-alkyl or cyclic N) is 1. The topological polar surface area (TPSA) is 66.8 Å². The molecule has 0 unspecified atom stereocenters. The van der Waals surface area contributed by atoms with Crippen LogP contribution in [0.2, 0.25) is 0 Å². The molecule has 124 valence electrons. The highest BCUT2D eigenvalue weighted by atomic mass is 79.9. The van der Waals surface area contributed by atoms with Gasteiger partial charge >= 0.3 is 0 Å². The number of rotatable bonds is 5. The summed E-state index contributed by atoms with van der Waals surface area (Å²) < 4.78 is 6.40. The molecule has 5 nitrogen and oxygen atoms in total. The van der Waals surface area contributed by atoms with Crippen molar-refractivity contribution in [3.8, 4) is 5.75 Å². The Hall–Kier alpha value is -1.40. The lowest BCUT2D eigenvalue weighted by Crippen LogP contribution is -2.41. The molecule has 3 rings (SSSR count). The summed E-state index contributed by atoms with van der Waals surface area (Å²) in [6.45, 7) is 0.0495. The maximum absolute atomic E-state index is 12.5. The van der Waals surface area contributed by atoms with Crippen LogP contribution in [0, 0.1) is 5.41 Å². The van der Waals surface area contributed by atoms with Crippen LogP contribution in [0.4, 0.5) is 0 Å². The van der Waals surface area contributed by atoms with Crippen molar-refractivity contribution in [3.63, 3.8) is 0 Å². The number of halogens is 1. The first-order chi connectivity index (χ1) is 11.0. The van der Waals surface area contributed by atoms with Crippen LogP contribution in [0.3, 0.4) is 0 Å². The molecule has 1 aliphatic carbocycles. The summed E-state index contributed by atoms with van der Waals surface area (Å²) in [5, 5.41) is 10.1. The second-order valence-corrected chi connectivity index (χ2v) is 7.31. The lowest BCUT2D eigenvalue weighted by Gasteiger charge is -2.23. The number of hydrogen-bond donors (Lipinski definition) is 1. The highest BCUT2D eigenvalue weighted by Gasteiger charge is 2.52. The van der Waals surface area contributed by atoms with Gasteiger partial charge in [-0.2, -0.15) is 0 Å². The van der Waals surface area contributed by atoms with Gasteiger partial charge in [-0.3, -0.25) is 14.5 Å². The maximum atomic E-state index is 12.5. The van der Waals surface area contributed by atoms with Crippen LogP contribution in [-0.4, -0.2) is 41.1 Å². The summed E-state index contributed by atoms with van der Waals surface area (Å²) in [4.78, 5) is 25.9. The quantitative estimate of drug-likeness (QED) is 0.795. The van der Waals surface area contributed by atoms with Gasteiger partial charge in [0.05, 0.1) is 12.0 Å². The Morgan fingerprint density at radius 1 is 1.30 bits per heavy atom. The lowest BCUT2D eigenvalue weighted by molar-refractivity contribution is -0.143. The fourth-order valence-corrected chi connectivity index (χ4v) is 3.88. The van der Waals surface area contributed by atoms with Gasteiger partial charge in [0.1, 0.15) is 18.5 Å². The average molecular weight is 382 g/mol. The molecule has 6 heteroatoms. The van der Waals surface area contributed by atoms with E-state index in [1.54, 1.807) is 12.1 Å². The number of carbonyl (C=O) groups excluding carboxylic acids is 2. The van der Waals surface area contributed by atoms with Crippen molar-refractivity contribution in [2.24, 2.45) is 5.41 Å². The van der Waals surface area contributed by atoms with Crippen LogP contribution in [0.5, 0.6) is 5.75 Å². The van der Waals surface area contributed by atoms with E-state index in [-0.39, 0.29) is 25.0 Å². The normalized spacial score (nSPS) is 21.2. The number of likely N-dealkylation sites (tertiary alicyclic amines) is 1. The van der Waals surface area contributed by atoms with Gasteiger partial charge in [0, 0.05) is 10.9 Å². The number of imide groups is 1. The number of amides is 2. The fraction of sp³-hybridized carbons (Fsp3) is 0.529. The summed E-state index contributed by atoms with van der Waals surface area (Å²) in [6.07, 6.45) is 2.99. The molecule has 1 N–H and O–H groups in total. The van der Waals surface area contributed by atoms with E-state index in [2.05, 4.69) is 15.9 Å². The number of ether oxygens (including phenoxy) is 1. The third kappa shape index (κ3) is 3.43. The summed E-state index contributed by atoms with van der Waals surface area (Å²) in [6, 6.07) is 7.30. The van der Waals surface area contributed by atoms with Gasteiger partial charge in [-0.25, -0.2) is 0 Å². The predicted molar refractivity (Wildman–Crippen MR) is 87.9 cm³/mol. The third-order valence-electron chi connectivity index (χ3n) is 4.68. The molecule has 23 heavy (non-hydrogen) atoms. The molecule has 1 aliphatic heterocycles. The minimum atomic E-state index is -0.890. The molecule has 2 amide bonds. The minimum absolute atomic E-state index is 0.00736. The molecule has 1 saturated heterocycles. The molecule has 2 fully saturated rings. The number of aliphatic hydroxyl groups is 1. The molecule has 1 aromatic rings. The van der Waals surface area contributed by atoms with E-state index >= 15 is 0 Å². The van der Waals surface area contributed by atoms with Crippen LogP contribution in [-0.2, 0) is 9.59 Å². The zero-order valence-corrected chi connectivity index (χ0v) is 14.4. The van der Waals surface area contributed by atoms with Gasteiger partial charge in [0.2, 0.25) is 11.8 Å². The summed E-state index contributed by atoms with van der Waals surface area (Å²) in [7, 11) is 0. The van der Waals surface area contributed by atoms with Crippen LogP contribution in [0.1, 0.15) is 32.1 Å². The predicted octanol–water partition coefficient (Wildman–Crippen LogP) is 2.51. The summed E-state index contributed by atoms with van der Waals surface area (Å²) >= 11 is 3.35. The van der Waals surface area contributed by atoms with E-state index in [4.69, 9.17) is 4.74 Å². The van der Waals surface area contributed by atoms with Gasteiger partial charge in [0.15, 0.2) is 0 Å². The second-order valence-electron chi connectivity index (χ2n) is 6.40. The fourth-order valence-electron chi connectivity index (χ4n) is 3.50. The van der Waals surface area contributed by atoms with E-state index < -0.39 is 11.5 Å². The standard InChI is InChI=1S/C17H20BrNO4/c18-12-4-3-5-14(8-12)23-11-13(20)10-19-15(21)9-17(16(19)22)6-1-2-7-17/h3-5,8,13,20H,1-2,6-7,9-11H2/t13-/m1/s1. The molecule has 1 aromatic carbocycles. The van der Waals surface area contributed by atoms with Gasteiger partial charge in [0.25, 0.3) is 0 Å². The van der Waals surface area contributed by atoms with Crippen LogP contribution in [0.15, 0.2) is 28.7 Å². The van der Waals surface area contributed by atoms with E-state index in [1.165, 1.54) is 4.90 Å². The van der Waals surface area contributed by atoms with Crippen molar-refractivity contribution in [2.45, 2.75) is 38.2 Å².